The molecule has 3 aromatic rings. The first-order chi connectivity index (χ1) is 28.4. The summed E-state index contributed by atoms with van der Waals surface area (Å²) in [6.45, 7) is 14.1. The summed E-state index contributed by atoms with van der Waals surface area (Å²) in [6.07, 6.45) is 1.37. The molecule has 0 unspecified atom stereocenters. The number of rotatable bonds is 12. The molecule has 1 heterocycles. The number of allylic oxidation sites excluding steroid dienone is 5. The Morgan fingerprint density at radius 1 is 0.548 bits per heavy atom. The van der Waals surface area contributed by atoms with Gasteiger partial charge in [0.25, 0.3) is 0 Å². The minimum absolute atomic E-state index is 0.155. The Kier molecular flexibility index (Phi) is 13.5. The third kappa shape index (κ3) is 7.61. The van der Waals surface area contributed by atoms with E-state index in [2.05, 4.69) is 0 Å². The zero-order valence-electron chi connectivity index (χ0n) is 35.0. The van der Waals surface area contributed by atoms with Gasteiger partial charge in [0.1, 0.15) is 0 Å². The van der Waals surface area contributed by atoms with E-state index in [4.69, 9.17) is 3.45 Å². The first-order valence-electron chi connectivity index (χ1n) is 19.1. The van der Waals surface area contributed by atoms with Gasteiger partial charge in [-0.05, 0) is 0 Å². The number of halogens is 15. The average Bonchev–Trinajstić information content (AvgIpc) is 3.29. The molecule has 338 valence electrons. The van der Waals surface area contributed by atoms with Gasteiger partial charge in [-0.25, -0.2) is 0 Å². The van der Waals surface area contributed by atoms with Crippen LogP contribution in [-0.4, -0.2) is 66.7 Å². The Hall–Kier alpha value is -3.74. The topological polar surface area (TPSA) is 18.7 Å². The van der Waals surface area contributed by atoms with E-state index in [0.717, 1.165) is 19.6 Å². The van der Waals surface area contributed by atoms with Crippen molar-refractivity contribution in [3.63, 3.8) is 0 Å². The summed E-state index contributed by atoms with van der Waals surface area (Å²) in [4.78, 5) is 0. The Bertz CT molecular complexity index is 2230. The Morgan fingerprint density at radius 2 is 0.903 bits per heavy atom. The van der Waals surface area contributed by atoms with Crippen LogP contribution in [0.15, 0.2) is 36.1 Å². The summed E-state index contributed by atoms with van der Waals surface area (Å²) in [5.41, 5.74) is -7.66. The van der Waals surface area contributed by atoms with Gasteiger partial charge in [-0.1, -0.05) is 0 Å². The van der Waals surface area contributed by atoms with Crippen molar-refractivity contribution in [2.45, 2.75) is 67.0 Å². The molecule has 1 atom stereocenters. The molecule has 0 bridgehead atoms. The fraction of sp³-hybridized carbons (Fsp3) is 0.359. The molecule has 4 nitrogen and oxygen atoms in total. The fourth-order valence-electron chi connectivity index (χ4n) is 8.50. The van der Waals surface area contributed by atoms with Crippen LogP contribution in [0.4, 0.5) is 65.9 Å². The average molecular weight is 992 g/mol. The molecule has 0 saturated heterocycles. The molecule has 5 rings (SSSR count). The predicted octanol–water partition coefficient (Wildman–Crippen LogP) is 9.25. The molecule has 23 heteroatoms. The van der Waals surface area contributed by atoms with E-state index in [1.807, 2.05) is 0 Å². The summed E-state index contributed by atoms with van der Waals surface area (Å²) in [5, 5.41) is 0. The van der Waals surface area contributed by atoms with E-state index >= 15 is 65.9 Å². The molecule has 0 spiro atoms. The maximum absolute atomic E-state index is 17.2. The van der Waals surface area contributed by atoms with Crippen molar-refractivity contribution in [1.82, 2.24) is 7.29 Å². The monoisotopic (exact) mass is 993 g/mol. The van der Waals surface area contributed by atoms with Crippen molar-refractivity contribution in [3.05, 3.63) is 123 Å². The van der Waals surface area contributed by atoms with Crippen LogP contribution in [0.1, 0.15) is 27.7 Å². The van der Waals surface area contributed by atoms with E-state index in [1.54, 1.807) is 33.8 Å². The summed E-state index contributed by atoms with van der Waals surface area (Å²) in [6, 6.07) is 0. The van der Waals surface area contributed by atoms with E-state index in [9.17, 15) is 0 Å². The van der Waals surface area contributed by atoms with Crippen molar-refractivity contribution in [2.75, 3.05) is 13.1 Å². The van der Waals surface area contributed by atoms with Crippen molar-refractivity contribution >= 4 is 59.2 Å². The van der Waals surface area contributed by atoms with E-state index < -0.39 is 153 Å². The first-order valence-corrected chi connectivity index (χ1v) is 29.7. The molecule has 2 aliphatic rings. The van der Waals surface area contributed by atoms with Gasteiger partial charge in [0.2, 0.25) is 0 Å². The zero-order chi connectivity index (χ0) is 47.1. The molecule has 0 saturated carbocycles. The number of benzene rings is 3. The predicted molar refractivity (Wildman–Crippen MR) is 212 cm³/mol. The van der Waals surface area contributed by atoms with Gasteiger partial charge in [-0.2, -0.15) is 0 Å². The Labute approximate surface area is 353 Å². The van der Waals surface area contributed by atoms with Gasteiger partial charge in [0.15, 0.2) is 0 Å². The molecule has 0 radical (unpaired) electrons. The van der Waals surface area contributed by atoms with Crippen LogP contribution in [0.3, 0.4) is 0 Å². The van der Waals surface area contributed by atoms with Crippen LogP contribution in [0, 0.1) is 99.1 Å². The van der Waals surface area contributed by atoms with Gasteiger partial charge in [-0.3, -0.25) is 0 Å². The quantitative estimate of drug-likeness (QED) is 0.0782. The summed E-state index contributed by atoms with van der Waals surface area (Å²) < 4.78 is 255. The van der Waals surface area contributed by atoms with Gasteiger partial charge in [0, 0.05) is 0 Å². The van der Waals surface area contributed by atoms with Crippen LogP contribution in [-0.2, 0) is 3.45 Å². The van der Waals surface area contributed by atoms with Gasteiger partial charge >= 0.3 is 355 Å². The fourth-order valence-corrected chi connectivity index (χ4v) is 34.9. The molecular formula is C39H41BF15GeN3OSi2. The van der Waals surface area contributed by atoms with Crippen molar-refractivity contribution in [2.24, 2.45) is 11.8 Å². The number of hydrogen-bond donors (Lipinski definition) is 0. The molecular weight excluding hydrogens is 951 g/mol. The van der Waals surface area contributed by atoms with Crippen LogP contribution in [0.2, 0.25) is 39.3 Å². The van der Waals surface area contributed by atoms with Crippen LogP contribution >= 0.6 is 0 Å². The van der Waals surface area contributed by atoms with Crippen molar-refractivity contribution in [1.29, 1.82) is 0 Å². The van der Waals surface area contributed by atoms with Crippen LogP contribution < -0.4 is 16.4 Å². The molecule has 0 amide bonds. The SMILES string of the molecule is CC(C)C[N]1C2=CC=CC=CC2=[N+](CC(C)C)[Ge@]1([O][Si](C)(C)C)[N]([B-](c1c(F)c(F)c(F)c(F)c1F)(c1c(F)c(F)c(F)c(F)c1F)c1c(F)c(F)c(F)c(F)c1F)[Si](C)(C)C. The second kappa shape index (κ2) is 17.0. The molecule has 0 aromatic heterocycles. The van der Waals surface area contributed by atoms with Gasteiger partial charge in [-0.15, -0.1) is 0 Å². The summed E-state index contributed by atoms with van der Waals surface area (Å²) in [5.74, 6) is -46.5. The molecule has 1 aliphatic heterocycles. The van der Waals surface area contributed by atoms with Crippen LogP contribution in [0.5, 0.6) is 0 Å². The minimum atomic E-state index is -6.50. The molecule has 0 fully saturated rings. The molecule has 3 aromatic carbocycles. The third-order valence-corrected chi connectivity index (χ3v) is 31.1. The standard InChI is InChI=1S/C39H41BF15GeN3OSi2/c1-18(2)16-57-20-14-12-11-13-15-21(20)58(17-19(3)4)56(57,60-62(8,9)10)59(61(5,6)7)40(22-25(41)31(47)37(53)32(48)26(22)42,23-27(43)33(49)38(54)34(50)28(23)44)24-29(45)35(51)39(55)36(52)30(24)46/h11-15,18-19H,16-17H2,1-10H3. The van der Waals surface area contributed by atoms with E-state index in [0.29, 0.717) is 3.43 Å². The van der Waals surface area contributed by atoms with E-state index in [-0.39, 0.29) is 24.5 Å². The Morgan fingerprint density at radius 3 is 1.21 bits per heavy atom. The normalized spacial score (nSPS) is 17.4. The van der Waals surface area contributed by atoms with Gasteiger partial charge in [0.05, 0.1) is 0 Å². The van der Waals surface area contributed by atoms with Gasteiger partial charge < -0.3 is 0 Å². The second-order valence-electron chi connectivity index (χ2n) is 17.8. The van der Waals surface area contributed by atoms with Crippen LogP contribution in [0.25, 0.3) is 0 Å². The summed E-state index contributed by atoms with van der Waals surface area (Å²) in [7, 11) is -8.13. The van der Waals surface area contributed by atoms with E-state index in [1.165, 1.54) is 51.3 Å². The Balaban J connectivity index is 2.42. The van der Waals surface area contributed by atoms with Crippen molar-refractivity contribution < 1.29 is 72.8 Å². The number of nitrogens with zero attached hydrogens (tertiary/aromatic N) is 3. The number of fused-ring (bicyclic) bond motifs is 1. The third-order valence-electron chi connectivity index (χ3n) is 10.2. The summed E-state index contributed by atoms with van der Waals surface area (Å²) >= 11 is -6.50. The number of hydrogen-bond acceptors (Lipinski definition) is 3. The zero-order valence-corrected chi connectivity index (χ0v) is 39.1. The second-order valence-corrected chi connectivity index (χ2v) is 34.9. The molecule has 62 heavy (non-hydrogen) atoms. The molecule has 1 aliphatic carbocycles. The maximum atomic E-state index is 17.2. The first kappa shape index (κ1) is 49.3. The molecule has 0 N–H and O–H groups in total. The van der Waals surface area contributed by atoms with Crippen molar-refractivity contribution in [3.8, 4) is 0 Å².